The van der Waals surface area contributed by atoms with E-state index in [0.717, 1.165) is 6.54 Å². The molecule has 14 heavy (non-hydrogen) atoms. The molecule has 0 spiro atoms. The lowest BCUT2D eigenvalue weighted by Gasteiger charge is -2.26. The molecule has 1 aliphatic rings. The van der Waals surface area contributed by atoms with Crippen LogP contribution in [-0.4, -0.2) is 37.0 Å². The van der Waals surface area contributed by atoms with Crippen LogP contribution in [0.15, 0.2) is 0 Å². The minimum absolute atomic E-state index is 0.144. The Morgan fingerprint density at radius 2 is 1.86 bits per heavy atom. The molecule has 0 aromatic rings. The topological polar surface area (TPSA) is 32.3 Å². The number of amides is 1. The number of rotatable bonds is 3. The second kappa shape index (κ2) is 3.54. The largest absolute Gasteiger partial charge is 0.354 e. The van der Waals surface area contributed by atoms with Crippen molar-refractivity contribution in [3.05, 3.63) is 0 Å². The van der Waals surface area contributed by atoms with Crippen molar-refractivity contribution >= 4 is 5.91 Å². The molecular formula is C11H22N2O. The molecule has 82 valence electrons. The Hall–Kier alpha value is -0.570. The number of hydrogen-bond acceptors (Lipinski definition) is 2. The number of likely N-dealkylation sites (N-methyl/N-ethyl adjacent to an activating group) is 1. The molecule has 0 aromatic heterocycles. The predicted molar refractivity (Wildman–Crippen MR) is 58.1 cm³/mol. The van der Waals surface area contributed by atoms with Crippen molar-refractivity contribution in [2.45, 2.75) is 39.2 Å². The first kappa shape index (κ1) is 11.5. The normalized spacial score (nSPS) is 19.6. The molecular weight excluding hydrogens is 176 g/mol. The van der Waals surface area contributed by atoms with E-state index in [-0.39, 0.29) is 16.9 Å². The van der Waals surface area contributed by atoms with Crippen molar-refractivity contribution in [1.29, 1.82) is 0 Å². The zero-order chi connectivity index (χ0) is 11.0. The van der Waals surface area contributed by atoms with Gasteiger partial charge in [-0.05, 0) is 26.9 Å². The maximum Gasteiger partial charge on any atom is 0.225 e. The molecule has 1 N–H and O–H groups in total. The fraction of sp³-hybridized carbons (Fsp3) is 0.909. The molecule has 0 unspecified atom stereocenters. The highest BCUT2D eigenvalue weighted by atomic mass is 16.2. The van der Waals surface area contributed by atoms with Gasteiger partial charge in [-0.2, -0.15) is 0 Å². The van der Waals surface area contributed by atoms with Crippen LogP contribution in [0, 0.1) is 5.41 Å². The van der Waals surface area contributed by atoms with E-state index in [1.807, 2.05) is 20.8 Å². The van der Waals surface area contributed by atoms with Crippen molar-refractivity contribution in [3.63, 3.8) is 0 Å². The predicted octanol–water partition coefficient (Wildman–Crippen LogP) is 1.24. The van der Waals surface area contributed by atoms with Crippen LogP contribution in [0.1, 0.15) is 33.6 Å². The van der Waals surface area contributed by atoms with E-state index in [1.165, 1.54) is 12.8 Å². The maximum absolute atomic E-state index is 11.6. The Balaban J connectivity index is 2.38. The van der Waals surface area contributed by atoms with Crippen LogP contribution in [0.3, 0.4) is 0 Å². The Morgan fingerprint density at radius 1 is 1.36 bits per heavy atom. The quantitative estimate of drug-likeness (QED) is 0.740. The maximum atomic E-state index is 11.6. The van der Waals surface area contributed by atoms with Gasteiger partial charge >= 0.3 is 0 Å². The summed E-state index contributed by atoms with van der Waals surface area (Å²) in [6, 6.07) is 0. The van der Waals surface area contributed by atoms with Crippen molar-refractivity contribution in [2.24, 2.45) is 5.41 Å². The summed E-state index contributed by atoms with van der Waals surface area (Å²) < 4.78 is 0. The minimum Gasteiger partial charge on any atom is -0.354 e. The molecule has 0 aromatic carbocycles. The summed E-state index contributed by atoms with van der Waals surface area (Å²) in [4.78, 5) is 13.9. The van der Waals surface area contributed by atoms with Gasteiger partial charge in [0.2, 0.25) is 5.91 Å². The zero-order valence-electron chi connectivity index (χ0n) is 9.98. The molecule has 3 heteroatoms. The summed E-state index contributed by atoms with van der Waals surface area (Å²) in [5, 5.41) is 3.03. The number of carbonyl (C=O) groups is 1. The van der Waals surface area contributed by atoms with Gasteiger partial charge in [-0.25, -0.2) is 0 Å². The van der Waals surface area contributed by atoms with Crippen molar-refractivity contribution in [2.75, 3.05) is 20.6 Å². The molecule has 0 atom stereocenters. The van der Waals surface area contributed by atoms with Gasteiger partial charge in [0.15, 0.2) is 0 Å². The number of nitrogens with zero attached hydrogens (tertiary/aromatic N) is 1. The average Bonchev–Trinajstić information content (AvgIpc) is 2.78. The third kappa shape index (κ3) is 2.47. The van der Waals surface area contributed by atoms with Gasteiger partial charge in [0, 0.05) is 17.5 Å². The van der Waals surface area contributed by atoms with E-state index in [1.54, 1.807) is 0 Å². The van der Waals surface area contributed by atoms with Crippen LogP contribution in [0.4, 0.5) is 0 Å². The van der Waals surface area contributed by atoms with Crippen LogP contribution < -0.4 is 5.32 Å². The molecule has 1 aliphatic carbocycles. The first-order chi connectivity index (χ1) is 6.28. The Kier molecular flexibility index (Phi) is 2.91. The lowest BCUT2D eigenvalue weighted by molar-refractivity contribution is -0.128. The standard InChI is InChI=1S/C11H22N2O/c1-10(2,3)9(14)12-8-11(6-7-11)13(4)5/h6-8H2,1-5H3,(H,12,14). The summed E-state index contributed by atoms with van der Waals surface area (Å²) in [5.74, 6) is 0.144. The van der Waals surface area contributed by atoms with Crippen LogP contribution in [0.5, 0.6) is 0 Å². The molecule has 0 radical (unpaired) electrons. The van der Waals surface area contributed by atoms with Gasteiger partial charge in [-0.1, -0.05) is 20.8 Å². The molecule has 1 fully saturated rings. The molecule has 1 amide bonds. The molecule has 0 bridgehead atoms. The van der Waals surface area contributed by atoms with Gasteiger partial charge < -0.3 is 10.2 Å². The summed E-state index contributed by atoms with van der Waals surface area (Å²) in [5.41, 5.74) is -0.0245. The molecule has 3 nitrogen and oxygen atoms in total. The Bertz CT molecular complexity index is 224. The van der Waals surface area contributed by atoms with Crippen molar-refractivity contribution in [1.82, 2.24) is 10.2 Å². The first-order valence-corrected chi connectivity index (χ1v) is 5.24. The number of nitrogens with one attached hydrogen (secondary N) is 1. The van der Waals surface area contributed by atoms with Gasteiger partial charge in [0.1, 0.15) is 0 Å². The minimum atomic E-state index is -0.275. The fourth-order valence-corrected chi connectivity index (χ4v) is 1.44. The molecule has 1 rings (SSSR count). The van der Waals surface area contributed by atoms with Gasteiger partial charge in [0.25, 0.3) is 0 Å². The fourth-order valence-electron chi connectivity index (χ4n) is 1.44. The van der Waals surface area contributed by atoms with E-state index in [4.69, 9.17) is 0 Å². The van der Waals surface area contributed by atoms with Crippen LogP contribution >= 0.6 is 0 Å². The van der Waals surface area contributed by atoms with Crippen LogP contribution in [-0.2, 0) is 4.79 Å². The van der Waals surface area contributed by atoms with Crippen molar-refractivity contribution in [3.8, 4) is 0 Å². The van der Waals surface area contributed by atoms with Gasteiger partial charge in [0.05, 0.1) is 0 Å². The van der Waals surface area contributed by atoms with E-state index in [0.29, 0.717) is 0 Å². The highest BCUT2D eigenvalue weighted by Crippen LogP contribution is 2.39. The van der Waals surface area contributed by atoms with E-state index in [9.17, 15) is 4.79 Å². The van der Waals surface area contributed by atoms with E-state index < -0.39 is 0 Å². The Labute approximate surface area is 86.9 Å². The molecule has 0 aliphatic heterocycles. The van der Waals surface area contributed by atoms with E-state index >= 15 is 0 Å². The Morgan fingerprint density at radius 3 is 2.14 bits per heavy atom. The van der Waals surface area contributed by atoms with Crippen molar-refractivity contribution < 1.29 is 4.79 Å². The number of carbonyl (C=O) groups excluding carboxylic acids is 1. The molecule has 0 heterocycles. The van der Waals surface area contributed by atoms with Crippen LogP contribution in [0.25, 0.3) is 0 Å². The monoisotopic (exact) mass is 198 g/mol. The summed E-state index contributed by atoms with van der Waals surface area (Å²) in [6.07, 6.45) is 2.40. The zero-order valence-corrected chi connectivity index (χ0v) is 9.98. The van der Waals surface area contributed by atoms with Gasteiger partial charge in [-0.15, -0.1) is 0 Å². The van der Waals surface area contributed by atoms with E-state index in [2.05, 4.69) is 24.3 Å². The highest BCUT2D eigenvalue weighted by Gasteiger charge is 2.45. The third-order valence-electron chi connectivity index (χ3n) is 3.04. The lowest BCUT2D eigenvalue weighted by atomic mass is 9.95. The summed E-state index contributed by atoms with van der Waals surface area (Å²) in [6.45, 7) is 6.61. The summed E-state index contributed by atoms with van der Waals surface area (Å²) in [7, 11) is 4.16. The second-order valence-electron chi connectivity index (χ2n) is 5.55. The smallest absolute Gasteiger partial charge is 0.225 e. The number of hydrogen-bond donors (Lipinski definition) is 1. The molecule has 0 saturated heterocycles. The first-order valence-electron chi connectivity index (χ1n) is 5.24. The highest BCUT2D eigenvalue weighted by molar-refractivity contribution is 5.81. The third-order valence-corrected chi connectivity index (χ3v) is 3.04. The lowest BCUT2D eigenvalue weighted by Crippen LogP contribution is -2.45. The second-order valence-corrected chi connectivity index (χ2v) is 5.55. The van der Waals surface area contributed by atoms with Crippen LogP contribution in [0.2, 0.25) is 0 Å². The SMILES string of the molecule is CN(C)C1(CNC(=O)C(C)(C)C)CC1. The molecule has 1 saturated carbocycles. The average molecular weight is 198 g/mol. The van der Waals surface area contributed by atoms with Gasteiger partial charge in [-0.3, -0.25) is 4.79 Å². The summed E-state index contributed by atoms with van der Waals surface area (Å²) >= 11 is 0.